The van der Waals surface area contributed by atoms with Gasteiger partial charge >= 0.3 is 5.97 Å². The van der Waals surface area contributed by atoms with Gasteiger partial charge in [0.2, 0.25) is 0 Å². The molecule has 3 rings (SSSR count). The minimum atomic E-state index is -1.05. The number of carbonyl (C=O) groups is 2. The van der Waals surface area contributed by atoms with Gasteiger partial charge in [-0.05, 0) is 23.8 Å². The molecule has 3 aromatic rings. The van der Waals surface area contributed by atoms with Gasteiger partial charge in [-0.15, -0.1) is 0 Å². The minimum Gasteiger partial charge on any atom is -0.487 e. The second-order valence-electron chi connectivity index (χ2n) is 5.20. The molecule has 0 aliphatic carbocycles. The van der Waals surface area contributed by atoms with Crippen molar-refractivity contribution < 1.29 is 19.4 Å². The van der Waals surface area contributed by atoms with E-state index in [4.69, 9.17) is 4.74 Å². The van der Waals surface area contributed by atoms with Crippen molar-refractivity contribution in [1.29, 1.82) is 0 Å². The molecule has 1 N–H and O–H groups in total. The van der Waals surface area contributed by atoms with Gasteiger partial charge in [0, 0.05) is 18.0 Å². The number of fused-ring (bicyclic) bond motifs is 1. The molecule has 0 unspecified atom stereocenters. The number of ether oxygens (including phenoxy) is 1. The first kappa shape index (κ1) is 14.8. The molecule has 0 bridgehead atoms. The van der Waals surface area contributed by atoms with Crippen LogP contribution in [0.3, 0.4) is 0 Å². The zero-order valence-corrected chi connectivity index (χ0v) is 12.5. The third-order valence-electron chi connectivity index (χ3n) is 3.77. The van der Waals surface area contributed by atoms with E-state index >= 15 is 0 Å². The Hall–Kier alpha value is -3.08. The Kier molecular flexibility index (Phi) is 3.85. The van der Waals surface area contributed by atoms with Crippen LogP contribution in [0, 0.1) is 0 Å². The van der Waals surface area contributed by atoms with Gasteiger partial charge in [-0.2, -0.15) is 0 Å². The lowest BCUT2D eigenvalue weighted by molar-refractivity contribution is 0.0687. The van der Waals surface area contributed by atoms with E-state index in [1.807, 2.05) is 30.3 Å². The average Bonchev–Trinajstić information content (AvgIpc) is 2.92. The Morgan fingerprint density at radius 2 is 1.96 bits per heavy atom. The predicted molar refractivity (Wildman–Crippen MR) is 86.0 cm³/mol. The quantitative estimate of drug-likeness (QED) is 0.734. The van der Waals surface area contributed by atoms with Gasteiger partial charge < -0.3 is 14.4 Å². The fraction of sp³-hybridized carbons (Fsp3) is 0.111. The number of carbonyl (C=O) groups excluding carboxylic acids is 1. The van der Waals surface area contributed by atoms with Crippen LogP contribution in [0.2, 0.25) is 0 Å². The van der Waals surface area contributed by atoms with E-state index in [2.05, 4.69) is 0 Å². The van der Waals surface area contributed by atoms with Gasteiger partial charge in [0.25, 0.3) is 0 Å². The molecule has 0 saturated heterocycles. The number of carboxylic acids is 1. The molecule has 0 aliphatic heterocycles. The molecule has 0 amide bonds. The first-order valence-corrected chi connectivity index (χ1v) is 7.09. The highest BCUT2D eigenvalue weighted by Crippen LogP contribution is 2.31. The summed E-state index contributed by atoms with van der Waals surface area (Å²) in [5.41, 5.74) is 2.16. The fourth-order valence-electron chi connectivity index (χ4n) is 2.62. The van der Waals surface area contributed by atoms with E-state index in [-0.39, 0.29) is 5.69 Å². The van der Waals surface area contributed by atoms with Crippen LogP contribution in [0.4, 0.5) is 0 Å². The standard InChI is InChI=1S/C18H15NO4/c1-19-15(18(21)22)9-14-13(10-20)7-8-16(17(14)19)23-11-12-5-3-2-4-6-12/h2-10H,11H2,1H3,(H,21,22). The van der Waals surface area contributed by atoms with Gasteiger partial charge in [0.05, 0.1) is 5.52 Å². The van der Waals surface area contributed by atoms with Gasteiger partial charge in [-0.3, -0.25) is 4.79 Å². The summed E-state index contributed by atoms with van der Waals surface area (Å²) in [5.74, 6) is -0.501. The summed E-state index contributed by atoms with van der Waals surface area (Å²) in [6.07, 6.45) is 0.717. The topological polar surface area (TPSA) is 68.5 Å². The summed E-state index contributed by atoms with van der Waals surface area (Å²) >= 11 is 0. The summed E-state index contributed by atoms with van der Waals surface area (Å²) < 4.78 is 7.38. The number of aryl methyl sites for hydroxylation is 1. The summed E-state index contributed by atoms with van der Waals surface area (Å²) in [4.78, 5) is 22.5. The Bertz CT molecular complexity index is 881. The van der Waals surface area contributed by atoms with Crippen molar-refractivity contribution in [3.8, 4) is 5.75 Å². The molecule has 0 fully saturated rings. The van der Waals surface area contributed by atoms with Crippen LogP contribution in [0.1, 0.15) is 26.4 Å². The van der Waals surface area contributed by atoms with E-state index in [1.54, 1.807) is 19.2 Å². The molecule has 0 aliphatic rings. The highest BCUT2D eigenvalue weighted by atomic mass is 16.5. The first-order valence-electron chi connectivity index (χ1n) is 7.09. The van der Waals surface area contributed by atoms with Crippen LogP contribution >= 0.6 is 0 Å². The Morgan fingerprint density at radius 3 is 2.61 bits per heavy atom. The fourth-order valence-corrected chi connectivity index (χ4v) is 2.62. The van der Waals surface area contributed by atoms with Crippen LogP contribution in [0.15, 0.2) is 48.5 Å². The maximum atomic E-state index is 11.3. The molecule has 0 radical (unpaired) electrons. The zero-order chi connectivity index (χ0) is 16.4. The van der Waals surface area contributed by atoms with Crippen LogP contribution in [-0.2, 0) is 13.7 Å². The second kappa shape index (κ2) is 5.96. The number of nitrogens with zero attached hydrogens (tertiary/aromatic N) is 1. The molecule has 0 saturated carbocycles. The van der Waals surface area contributed by atoms with E-state index in [0.29, 0.717) is 28.8 Å². The number of aromatic nitrogens is 1. The third-order valence-corrected chi connectivity index (χ3v) is 3.77. The largest absolute Gasteiger partial charge is 0.487 e. The highest BCUT2D eigenvalue weighted by Gasteiger charge is 2.18. The number of aromatic carboxylic acids is 1. The molecule has 5 heteroatoms. The van der Waals surface area contributed by atoms with Crippen molar-refractivity contribution in [1.82, 2.24) is 4.57 Å². The van der Waals surface area contributed by atoms with Crippen LogP contribution in [0.5, 0.6) is 5.75 Å². The molecular weight excluding hydrogens is 294 g/mol. The van der Waals surface area contributed by atoms with E-state index in [0.717, 1.165) is 11.8 Å². The molecule has 1 heterocycles. The lowest BCUT2D eigenvalue weighted by atomic mass is 10.1. The third kappa shape index (κ3) is 2.68. The zero-order valence-electron chi connectivity index (χ0n) is 12.5. The highest BCUT2D eigenvalue weighted by molar-refractivity contribution is 6.04. The molecule has 5 nitrogen and oxygen atoms in total. The van der Waals surface area contributed by atoms with Crippen molar-refractivity contribution in [2.24, 2.45) is 7.05 Å². The van der Waals surface area contributed by atoms with Gasteiger partial charge in [0.15, 0.2) is 6.29 Å². The number of hydrogen-bond acceptors (Lipinski definition) is 3. The molecule has 2 aromatic carbocycles. The first-order chi connectivity index (χ1) is 11.1. The van der Waals surface area contributed by atoms with E-state index in [9.17, 15) is 14.7 Å². The lowest BCUT2D eigenvalue weighted by Gasteiger charge is -2.10. The van der Waals surface area contributed by atoms with E-state index < -0.39 is 5.97 Å². The average molecular weight is 309 g/mol. The smallest absolute Gasteiger partial charge is 0.352 e. The maximum Gasteiger partial charge on any atom is 0.352 e. The lowest BCUT2D eigenvalue weighted by Crippen LogP contribution is -2.05. The molecule has 23 heavy (non-hydrogen) atoms. The number of hydrogen-bond donors (Lipinski definition) is 1. The van der Waals surface area contributed by atoms with Crippen molar-refractivity contribution in [3.05, 3.63) is 65.4 Å². The maximum absolute atomic E-state index is 11.3. The van der Waals surface area contributed by atoms with Crippen LogP contribution in [0.25, 0.3) is 10.9 Å². The van der Waals surface area contributed by atoms with Crippen LogP contribution < -0.4 is 4.74 Å². The Balaban J connectivity index is 2.06. The van der Waals surface area contributed by atoms with E-state index in [1.165, 1.54) is 10.6 Å². The number of aldehydes is 1. The SMILES string of the molecule is Cn1c(C(=O)O)cc2c(C=O)ccc(OCc3ccccc3)c21. The van der Waals surface area contributed by atoms with Gasteiger partial charge in [-0.1, -0.05) is 30.3 Å². The monoisotopic (exact) mass is 309 g/mol. The number of carboxylic acid groups (broad SMARTS) is 1. The molecule has 0 spiro atoms. The summed E-state index contributed by atoms with van der Waals surface area (Å²) in [6, 6.07) is 14.5. The molecule has 1 aromatic heterocycles. The molecular formula is C18H15NO4. The van der Waals surface area contributed by atoms with Crippen LogP contribution in [-0.4, -0.2) is 21.9 Å². The summed E-state index contributed by atoms with van der Waals surface area (Å²) in [5, 5.41) is 9.85. The Morgan fingerprint density at radius 1 is 1.22 bits per heavy atom. The Labute approximate surface area is 132 Å². The second-order valence-corrected chi connectivity index (χ2v) is 5.20. The summed E-state index contributed by atoms with van der Waals surface area (Å²) in [7, 11) is 1.65. The van der Waals surface area contributed by atoms with Gasteiger partial charge in [-0.25, -0.2) is 4.79 Å². The predicted octanol–water partition coefficient (Wildman–Crippen LogP) is 3.27. The molecule has 0 atom stereocenters. The molecule has 116 valence electrons. The van der Waals surface area contributed by atoms with Crippen molar-refractivity contribution in [2.45, 2.75) is 6.61 Å². The summed E-state index contributed by atoms with van der Waals surface area (Å²) in [6.45, 7) is 0.365. The normalized spacial score (nSPS) is 10.7. The van der Waals surface area contributed by atoms with Crippen molar-refractivity contribution in [3.63, 3.8) is 0 Å². The van der Waals surface area contributed by atoms with Gasteiger partial charge in [0.1, 0.15) is 18.1 Å². The van der Waals surface area contributed by atoms with Crippen molar-refractivity contribution >= 4 is 23.2 Å². The minimum absolute atomic E-state index is 0.110. The number of rotatable bonds is 5. The number of benzene rings is 2. The van der Waals surface area contributed by atoms with Crippen molar-refractivity contribution in [2.75, 3.05) is 0 Å².